The highest BCUT2D eigenvalue weighted by molar-refractivity contribution is 5.79. The van der Waals surface area contributed by atoms with Crippen LogP contribution >= 0.6 is 0 Å². The average Bonchev–Trinajstić information content (AvgIpc) is 3.41. The number of carbonyl (C=O) groups excluding carboxylic acids is 1. The standard InChI is InChI=1S/C26H39N5O2/c1-18(2)15-20-5-7-21(8-6-20)16-30-11-9-23-28-29-25(31(23)13-12-30)24(19(3)4)27-26(32)22-10-14-33-17-22/h5-8,18-19,22,24H,9-17H2,1-4H3,(H,27,32). The molecule has 1 saturated heterocycles. The van der Waals surface area contributed by atoms with Crippen LogP contribution in [0.15, 0.2) is 24.3 Å². The van der Waals surface area contributed by atoms with Crippen LogP contribution in [-0.4, -0.2) is 51.9 Å². The van der Waals surface area contributed by atoms with Crippen LogP contribution in [0.4, 0.5) is 0 Å². The molecule has 4 rings (SSSR count). The Morgan fingerprint density at radius 2 is 1.85 bits per heavy atom. The summed E-state index contributed by atoms with van der Waals surface area (Å²) in [6.07, 6.45) is 2.79. The van der Waals surface area contributed by atoms with Gasteiger partial charge in [-0.05, 0) is 35.8 Å². The monoisotopic (exact) mass is 453 g/mol. The van der Waals surface area contributed by atoms with E-state index in [0.717, 1.165) is 57.1 Å². The number of hydrogen-bond acceptors (Lipinski definition) is 5. The van der Waals surface area contributed by atoms with Crippen molar-refractivity contribution in [1.29, 1.82) is 0 Å². The Kier molecular flexibility index (Phi) is 7.81. The molecule has 7 nitrogen and oxygen atoms in total. The van der Waals surface area contributed by atoms with E-state index >= 15 is 0 Å². The van der Waals surface area contributed by atoms with Crippen molar-refractivity contribution in [2.24, 2.45) is 17.8 Å². The van der Waals surface area contributed by atoms with E-state index in [2.05, 4.69) is 76.9 Å². The van der Waals surface area contributed by atoms with Gasteiger partial charge >= 0.3 is 0 Å². The molecule has 33 heavy (non-hydrogen) atoms. The lowest BCUT2D eigenvalue weighted by Gasteiger charge is -2.24. The number of amides is 1. The first-order chi connectivity index (χ1) is 15.9. The number of carbonyl (C=O) groups is 1. The van der Waals surface area contributed by atoms with E-state index in [0.29, 0.717) is 19.1 Å². The molecule has 2 aromatic rings. The van der Waals surface area contributed by atoms with Crippen LogP contribution in [0.2, 0.25) is 0 Å². The molecule has 0 saturated carbocycles. The molecule has 0 radical (unpaired) electrons. The summed E-state index contributed by atoms with van der Waals surface area (Å²) in [6, 6.07) is 8.94. The summed E-state index contributed by atoms with van der Waals surface area (Å²) in [6.45, 7) is 13.7. The van der Waals surface area contributed by atoms with Crippen molar-refractivity contribution in [3.63, 3.8) is 0 Å². The number of benzene rings is 1. The van der Waals surface area contributed by atoms with Gasteiger partial charge in [0.25, 0.3) is 0 Å². The van der Waals surface area contributed by atoms with Gasteiger partial charge in [-0.15, -0.1) is 10.2 Å². The Bertz CT molecular complexity index is 915. The van der Waals surface area contributed by atoms with Crippen LogP contribution in [-0.2, 0) is 35.5 Å². The summed E-state index contributed by atoms with van der Waals surface area (Å²) in [5.41, 5.74) is 2.76. The minimum Gasteiger partial charge on any atom is -0.381 e. The fourth-order valence-corrected chi connectivity index (χ4v) is 4.83. The molecule has 2 atom stereocenters. The van der Waals surface area contributed by atoms with Crippen molar-refractivity contribution in [2.45, 2.75) is 66.1 Å². The van der Waals surface area contributed by atoms with Gasteiger partial charge in [0.05, 0.1) is 18.6 Å². The lowest BCUT2D eigenvalue weighted by molar-refractivity contribution is -0.126. The Labute approximate surface area is 197 Å². The minimum absolute atomic E-state index is 0.0554. The molecule has 1 amide bonds. The Morgan fingerprint density at radius 3 is 2.52 bits per heavy atom. The number of fused-ring (bicyclic) bond motifs is 1. The fourth-order valence-electron chi connectivity index (χ4n) is 4.83. The number of ether oxygens (including phenoxy) is 1. The molecule has 1 fully saturated rings. The predicted octanol–water partition coefficient (Wildman–Crippen LogP) is 3.38. The zero-order chi connectivity index (χ0) is 23.4. The Morgan fingerprint density at radius 1 is 1.09 bits per heavy atom. The number of aromatic nitrogens is 3. The van der Waals surface area contributed by atoms with E-state index in [-0.39, 0.29) is 23.8 Å². The molecule has 1 aromatic carbocycles. The second kappa shape index (κ2) is 10.8. The largest absolute Gasteiger partial charge is 0.381 e. The van der Waals surface area contributed by atoms with Gasteiger partial charge in [0.2, 0.25) is 5.91 Å². The maximum atomic E-state index is 12.8. The van der Waals surface area contributed by atoms with Crippen LogP contribution in [0.25, 0.3) is 0 Å². The van der Waals surface area contributed by atoms with Crippen LogP contribution in [0.3, 0.4) is 0 Å². The molecular weight excluding hydrogens is 414 g/mol. The lowest BCUT2D eigenvalue weighted by Crippen LogP contribution is -2.38. The van der Waals surface area contributed by atoms with Crippen LogP contribution in [0.5, 0.6) is 0 Å². The maximum Gasteiger partial charge on any atom is 0.226 e. The lowest BCUT2D eigenvalue weighted by atomic mass is 10.0. The zero-order valence-electron chi connectivity index (χ0n) is 20.6. The van der Waals surface area contributed by atoms with E-state index in [1.165, 1.54) is 11.1 Å². The smallest absolute Gasteiger partial charge is 0.226 e. The fraction of sp³-hybridized carbons (Fsp3) is 0.654. The van der Waals surface area contributed by atoms with Gasteiger partial charge in [-0.3, -0.25) is 9.69 Å². The topological polar surface area (TPSA) is 72.3 Å². The highest BCUT2D eigenvalue weighted by Crippen LogP contribution is 2.24. The highest BCUT2D eigenvalue weighted by atomic mass is 16.5. The number of nitrogens with zero attached hydrogens (tertiary/aromatic N) is 4. The minimum atomic E-state index is -0.139. The van der Waals surface area contributed by atoms with Gasteiger partial charge in [-0.2, -0.15) is 0 Å². The van der Waals surface area contributed by atoms with Gasteiger partial charge in [0.1, 0.15) is 5.82 Å². The van der Waals surface area contributed by atoms with Crippen molar-refractivity contribution in [1.82, 2.24) is 25.0 Å². The van der Waals surface area contributed by atoms with Crippen LogP contribution in [0.1, 0.15) is 62.9 Å². The van der Waals surface area contributed by atoms with Crippen molar-refractivity contribution in [3.8, 4) is 0 Å². The third-order valence-corrected chi connectivity index (χ3v) is 6.76. The van der Waals surface area contributed by atoms with E-state index in [4.69, 9.17) is 4.74 Å². The van der Waals surface area contributed by atoms with E-state index in [1.54, 1.807) is 0 Å². The number of hydrogen-bond donors (Lipinski definition) is 1. The third kappa shape index (κ3) is 6.01. The Hall–Kier alpha value is -2.25. The van der Waals surface area contributed by atoms with E-state index < -0.39 is 0 Å². The first kappa shape index (κ1) is 23.9. The van der Waals surface area contributed by atoms with Gasteiger partial charge < -0.3 is 14.6 Å². The summed E-state index contributed by atoms with van der Waals surface area (Å²) < 4.78 is 7.64. The van der Waals surface area contributed by atoms with E-state index in [9.17, 15) is 4.79 Å². The summed E-state index contributed by atoms with van der Waals surface area (Å²) in [5.74, 6) is 2.82. The third-order valence-electron chi connectivity index (χ3n) is 6.76. The molecular formula is C26H39N5O2. The molecule has 0 bridgehead atoms. The SMILES string of the molecule is CC(C)Cc1ccc(CN2CCc3nnc(C(NC(=O)C4CCOC4)C(C)C)n3CC2)cc1. The molecule has 3 heterocycles. The summed E-state index contributed by atoms with van der Waals surface area (Å²) >= 11 is 0. The first-order valence-corrected chi connectivity index (χ1v) is 12.5. The second-order valence-electron chi connectivity index (χ2n) is 10.4. The van der Waals surface area contributed by atoms with Gasteiger partial charge in [0.15, 0.2) is 5.82 Å². The van der Waals surface area contributed by atoms with Gasteiger partial charge in [0, 0.05) is 39.2 Å². The summed E-state index contributed by atoms with van der Waals surface area (Å²) in [5, 5.41) is 12.3. The quantitative estimate of drug-likeness (QED) is 0.663. The number of rotatable bonds is 8. The zero-order valence-corrected chi connectivity index (χ0v) is 20.6. The second-order valence-corrected chi connectivity index (χ2v) is 10.4. The molecule has 1 N–H and O–H groups in total. The molecule has 0 aliphatic carbocycles. The van der Waals surface area contributed by atoms with Crippen molar-refractivity contribution in [2.75, 3.05) is 26.3 Å². The normalized spacial score (nSPS) is 20.1. The molecule has 180 valence electrons. The Balaban J connectivity index is 1.40. The summed E-state index contributed by atoms with van der Waals surface area (Å²) in [4.78, 5) is 15.3. The molecule has 7 heteroatoms. The van der Waals surface area contributed by atoms with Crippen LogP contribution < -0.4 is 5.32 Å². The van der Waals surface area contributed by atoms with Crippen molar-refractivity contribution < 1.29 is 9.53 Å². The molecule has 2 aliphatic rings. The summed E-state index contributed by atoms with van der Waals surface area (Å²) in [7, 11) is 0. The van der Waals surface area contributed by atoms with Gasteiger partial charge in [-0.1, -0.05) is 52.0 Å². The molecule has 0 spiro atoms. The average molecular weight is 454 g/mol. The van der Waals surface area contributed by atoms with Crippen molar-refractivity contribution in [3.05, 3.63) is 47.0 Å². The first-order valence-electron chi connectivity index (χ1n) is 12.5. The predicted molar refractivity (Wildman–Crippen MR) is 129 cm³/mol. The molecule has 2 unspecified atom stereocenters. The van der Waals surface area contributed by atoms with Crippen LogP contribution in [0, 0.1) is 17.8 Å². The molecule has 1 aromatic heterocycles. The highest BCUT2D eigenvalue weighted by Gasteiger charge is 2.31. The maximum absolute atomic E-state index is 12.8. The number of nitrogens with one attached hydrogen (secondary N) is 1. The molecule has 2 aliphatic heterocycles. The van der Waals surface area contributed by atoms with Crippen molar-refractivity contribution >= 4 is 5.91 Å². The van der Waals surface area contributed by atoms with E-state index in [1.807, 2.05) is 0 Å². The van der Waals surface area contributed by atoms with Gasteiger partial charge in [-0.25, -0.2) is 0 Å².